The van der Waals surface area contributed by atoms with E-state index in [2.05, 4.69) is 21.9 Å². The monoisotopic (exact) mass is 1570 g/mol. The van der Waals surface area contributed by atoms with Crippen molar-refractivity contribution < 1.29 is 88.6 Å². The van der Waals surface area contributed by atoms with Crippen molar-refractivity contribution in [3.8, 4) is 12.3 Å². The van der Waals surface area contributed by atoms with E-state index < -0.39 is 209 Å². The molecule has 4 saturated carbocycles. The summed E-state index contributed by atoms with van der Waals surface area (Å²) in [4.78, 5) is 193. The van der Waals surface area contributed by atoms with E-state index in [0.717, 1.165) is 24.5 Å². The van der Waals surface area contributed by atoms with Crippen LogP contribution in [-0.2, 0) is 62.3 Å². The van der Waals surface area contributed by atoms with Gasteiger partial charge in [-0.3, -0.25) is 57.5 Å². The van der Waals surface area contributed by atoms with Gasteiger partial charge in [0.05, 0.1) is 37.5 Å². The smallest absolute Gasteiger partial charge is 0.377 e. The molecular weight excluding hydrogens is 1450 g/mol. The van der Waals surface area contributed by atoms with Crippen LogP contribution in [0, 0.1) is 53.3 Å². The maximum Gasteiger partial charge on any atom is 0.393 e. The summed E-state index contributed by atoms with van der Waals surface area (Å²) in [6.07, 6.45) is -0.0136. The number of amides is 12. The van der Waals surface area contributed by atoms with Crippen LogP contribution in [0.3, 0.4) is 0 Å². The predicted molar refractivity (Wildman–Crippen MR) is 393 cm³/mol. The van der Waals surface area contributed by atoms with Crippen molar-refractivity contribution in [2.45, 2.75) is 261 Å². The number of carbonyl (C=O) groups excluding carboxylic acids is 12. The van der Waals surface area contributed by atoms with Gasteiger partial charge in [-0.1, -0.05) is 59.1 Å². The van der Waals surface area contributed by atoms with Crippen LogP contribution >= 0.6 is 11.6 Å². The molecule has 3 heterocycles. The normalized spacial score (nSPS) is 31.5. The zero-order valence-electron chi connectivity index (χ0n) is 65.7. The van der Waals surface area contributed by atoms with E-state index >= 15 is 28.8 Å². The van der Waals surface area contributed by atoms with Gasteiger partial charge in [-0.2, -0.15) is 26.3 Å². The molecule has 612 valence electrons. The summed E-state index contributed by atoms with van der Waals surface area (Å²) in [6, 6.07) is -11.3. The number of halogens is 7. The lowest BCUT2D eigenvalue weighted by Crippen LogP contribution is -2.71. The molecule has 0 aromatic rings. The first-order chi connectivity index (χ1) is 51.0. The van der Waals surface area contributed by atoms with E-state index in [1.807, 2.05) is 13.8 Å². The second-order valence-corrected chi connectivity index (χ2v) is 33.2. The number of hydrogen-bond acceptors (Lipinski definition) is 13. The van der Waals surface area contributed by atoms with Gasteiger partial charge in [-0.25, -0.2) is 0 Å². The van der Waals surface area contributed by atoms with Gasteiger partial charge in [-0.15, -0.1) is 23.9 Å². The van der Waals surface area contributed by atoms with Crippen LogP contribution in [0.1, 0.15) is 183 Å². The van der Waals surface area contributed by atoms with E-state index in [1.165, 1.54) is 68.9 Å². The molecule has 3 aliphatic heterocycles. The molecule has 13 atom stereocenters. The molecule has 6 fully saturated rings. The summed E-state index contributed by atoms with van der Waals surface area (Å²) in [5, 5.41) is 7.27. The molecule has 32 heteroatoms. The molecule has 3 N–H and O–H groups in total. The van der Waals surface area contributed by atoms with Gasteiger partial charge >= 0.3 is 12.4 Å². The van der Waals surface area contributed by atoms with Crippen LogP contribution in [0.4, 0.5) is 26.3 Å². The Bertz CT molecular complexity index is 3350. The maximum absolute atomic E-state index is 15.8. The van der Waals surface area contributed by atoms with Crippen molar-refractivity contribution in [1.29, 1.82) is 0 Å². The van der Waals surface area contributed by atoms with Crippen LogP contribution in [0.5, 0.6) is 0 Å². The van der Waals surface area contributed by atoms with Crippen molar-refractivity contribution in [1.82, 2.24) is 60.0 Å². The Hall–Kier alpha value is -7.23. The third-order valence-electron chi connectivity index (χ3n) is 24.3. The Labute approximate surface area is 643 Å². The minimum absolute atomic E-state index is 0.0251. The molecule has 109 heavy (non-hydrogen) atoms. The number of nitrogens with zero attached hydrogens (tertiary/aromatic N) is 9. The minimum atomic E-state index is -4.58. The third-order valence-corrected chi connectivity index (χ3v) is 24.8. The standard InChI is InChI=1S/C77H117ClF6N12O13/c1-15-24-55-65(100)86-63(46(5)16-2)71(106)90(10)43-62(99)92(12)56-27-20-19-23-36-95(70(56)105)59(38-48-28-32-50(33-29-48)76(79,80)81)69(104)89(9)42-60(97)85-54(35-31-47-30-34-52(53(78)37-47)77(82,83)84)67(102)96-41-51(109-18-4)39-57(96)66(101)87-75(44-74(6,7)45-75)73(108)94(14)64(49-25-21-22-26-49)72(107)93(13)58(40-61(98)91(55)11)68(103)88(8)17-3/h1,19-20,46-59,63-64H,16-18,21-45H2,2-14H3,(H,85,97)(H,86,100)(H,87,101)/b20-19-/t46-,47?,48?,50?,51+,52?,53?,54-,55-,56-,57-,58-,59-,63-,64-/m0/s1. The van der Waals surface area contributed by atoms with Crippen LogP contribution in [0.15, 0.2) is 12.2 Å². The van der Waals surface area contributed by atoms with E-state index in [1.54, 1.807) is 39.8 Å². The maximum atomic E-state index is 15.8. The number of ether oxygens (including phenoxy) is 1. The highest BCUT2D eigenvalue weighted by Crippen LogP contribution is 2.50. The summed E-state index contributed by atoms with van der Waals surface area (Å²) in [7, 11) is 9.50. The van der Waals surface area contributed by atoms with Crippen LogP contribution in [0.2, 0.25) is 0 Å². The van der Waals surface area contributed by atoms with Crippen molar-refractivity contribution in [3.05, 3.63) is 12.2 Å². The Morgan fingerprint density at radius 1 is 0.697 bits per heavy atom. The molecule has 25 nitrogen and oxygen atoms in total. The molecule has 4 aliphatic carbocycles. The quantitative estimate of drug-likeness (QED) is 0.0752. The summed E-state index contributed by atoms with van der Waals surface area (Å²) in [5.41, 5.74) is -2.29. The first-order valence-electron chi connectivity index (χ1n) is 38.9. The molecule has 0 aromatic heterocycles. The lowest BCUT2D eigenvalue weighted by Gasteiger charge is -2.54. The second-order valence-electron chi connectivity index (χ2n) is 32.6. The molecule has 0 radical (unpaired) electrons. The highest BCUT2D eigenvalue weighted by atomic mass is 35.5. The molecular formula is C77H117ClF6N12O13. The average Bonchev–Trinajstić information content (AvgIpc) is 1.44. The molecule has 12 amide bonds. The van der Waals surface area contributed by atoms with Gasteiger partial charge in [0.25, 0.3) is 0 Å². The first kappa shape index (κ1) is 89.0. The Morgan fingerprint density at radius 3 is 1.91 bits per heavy atom. The highest BCUT2D eigenvalue weighted by molar-refractivity contribution is 6.21. The molecule has 7 rings (SSSR count). The van der Waals surface area contributed by atoms with E-state index in [4.69, 9.17) is 22.8 Å². The number of fused-ring (bicyclic) bond motifs is 3. The van der Waals surface area contributed by atoms with Gasteiger partial charge in [-0.05, 0) is 146 Å². The number of likely N-dealkylation sites (N-methyl/N-ethyl adjacent to an activating group) is 7. The van der Waals surface area contributed by atoms with Gasteiger partial charge in [0.2, 0.25) is 70.9 Å². The fourth-order valence-corrected chi connectivity index (χ4v) is 18.2. The summed E-state index contributed by atoms with van der Waals surface area (Å²) in [6.45, 7) is 9.11. The lowest BCUT2D eigenvalue weighted by molar-refractivity contribution is -0.184. The fraction of sp³-hybridized carbons (Fsp3) is 0.792. The Morgan fingerprint density at radius 2 is 1.33 bits per heavy atom. The summed E-state index contributed by atoms with van der Waals surface area (Å²) < 4.78 is 91.0. The number of rotatable bonds is 13. The Balaban J connectivity index is 1.34. The van der Waals surface area contributed by atoms with Crippen molar-refractivity contribution in [2.24, 2.45) is 40.9 Å². The van der Waals surface area contributed by atoms with E-state index in [-0.39, 0.29) is 129 Å². The lowest BCUT2D eigenvalue weighted by atomic mass is 9.58. The highest BCUT2D eigenvalue weighted by Gasteiger charge is 2.60. The topological polar surface area (TPSA) is 279 Å². The van der Waals surface area contributed by atoms with Crippen molar-refractivity contribution >= 4 is 82.5 Å². The summed E-state index contributed by atoms with van der Waals surface area (Å²) >= 11 is 6.44. The number of hydrogen-bond donors (Lipinski definition) is 3. The zero-order valence-corrected chi connectivity index (χ0v) is 66.5. The van der Waals surface area contributed by atoms with Gasteiger partial charge in [0, 0.05) is 93.8 Å². The minimum Gasteiger partial charge on any atom is -0.377 e. The number of terminal acetylenes is 1. The number of nitrogens with one attached hydrogen (secondary N) is 3. The van der Waals surface area contributed by atoms with E-state index in [9.17, 15) is 55.1 Å². The average molecular weight is 1570 g/mol. The Kier molecular flexibility index (Phi) is 30.9. The molecule has 1 spiro atoms. The summed E-state index contributed by atoms with van der Waals surface area (Å²) in [5.74, 6) is -12.3. The van der Waals surface area contributed by atoms with Gasteiger partial charge in [0.1, 0.15) is 53.9 Å². The first-order valence-corrected chi connectivity index (χ1v) is 39.3. The number of carbonyl (C=O) groups is 12. The fourth-order valence-electron chi connectivity index (χ4n) is 17.6. The molecule has 7 aliphatic rings. The van der Waals surface area contributed by atoms with Crippen LogP contribution < -0.4 is 16.0 Å². The number of alkyl halides is 7. The molecule has 2 saturated heterocycles. The van der Waals surface area contributed by atoms with Crippen LogP contribution in [0.25, 0.3) is 0 Å². The molecule has 3 unspecified atom stereocenters. The van der Waals surface area contributed by atoms with E-state index in [0.29, 0.717) is 32.1 Å². The largest absolute Gasteiger partial charge is 0.393 e. The predicted octanol–water partition coefficient (Wildman–Crippen LogP) is 6.68. The van der Waals surface area contributed by atoms with Crippen molar-refractivity contribution in [2.75, 3.05) is 88.7 Å². The van der Waals surface area contributed by atoms with Crippen molar-refractivity contribution in [3.63, 3.8) is 0 Å². The SMILES string of the molecule is C#CC[C@H]1C(=O)N[C@@H]([C@@H](C)CC)C(=O)N(C)CC(=O)N(C)[C@H]2C/C=C\CCN(C2=O)[C@@H](CC2CCC(C(F)(F)F)CC2)C(=O)N(C)CC(=O)N[C@@H](CCC2CCC(C(F)(F)F)C(Cl)C2)C(=O)N2C[C@H](OCC)C[C@H]2C(=O)NC2(CC(C)(C)C2)C(=O)N(C)[C@@H](C2CCCC2)C(=O)N(C)[C@H](C(=O)N(C)CC)CC(=O)N1C. The zero-order chi connectivity index (χ0) is 81.1. The molecule has 0 aromatic carbocycles. The van der Waals surface area contributed by atoms with Gasteiger partial charge in [0.15, 0.2) is 0 Å². The van der Waals surface area contributed by atoms with Crippen LogP contribution in [-0.4, -0.2) is 281 Å². The van der Waals surface area contributed by atoms with Gasteiger partial charge < -0.3 is 64.8 Å². The second kappa shape index (κ2) is 37.9. The third kappa shape index (κ3) is 21.7. The molecule has 2 bridgehead atoms.